The summed E-state index contributed by atoms with van der Waals surface area (Å²) >= 11 is 0. The number of benzene rings is 1. The number of hydrogen-bond donors (Lipinski definition) is 2. The Labute approximate surface area is 110 Å². The molecule has 0 radical (unpaired) electrons. The molecule has 0 aliphatic heterocycles. The van der Waals surface area contributed by atoms with Crippen LogP contribution >= 0.6 is 0 Å². The Morgan fingerprint density at radius 1 is 1.42 bits per heavy atom. The number of hydrogen-bond acceptors (Lipinski definition) is 5. The molecule has 0 amide bonds. The fourth-order valence-corrected chi connectivity index (χ4v) is 1.78. The normalized spacial score (nSPS) is 11.5. The maximum atomic E-state index is 11.0. The Bertz CT molecular complexity index is 620. The molecule has 0 saturated heterocycles. The predicted molar refractivity (Wildman–Crippen MR) is 75.2 cm³/mol. The van der Waals surface area contributed by atoms with Gasteiger partial charge in [-0.1, -0.05) is 12.1 Å². The molecule has 1 aromatic carbocycles. The highest BCUT2D eigenvalue weighted by Gasteiger charge is 2.15. The van der Waals surface area contributed by atoms with E-state index in [-0.39, 0.29) is 11.2 Å². The molecule has 6 heteroatoms. The van der Waals surface area contributed by atoms with Crippen LogP contribution in [0.5, 0.6) is 0 Å². The van der Waals surface area contributed by atoms with E-state index in [9.17, 15) is 10.1 Å². The first-order chi connectivity index (χ1) is 8.88. The van der Waals surface area contributed by atoms with Gasteiger partial charge in [-0.05, 0) is 19.9 Å². The lowest BCUT2D eigenvalue weighted by molar-refractivity contribution is -0.383. The number of nitrogens with one attached hydrogen (secondary N) is 1. The smallest absolute Gasteiger partial charge is 0.295 e. The van der Waals surface area contributed by atoms with Crippen molar-refractivity contribution in [2.45, 2.75) is 19.4 Å². The van der Waals surface area contributed by atoms with Crippen molar-refractivity contribution in [3.63, 3.8) is 0 Å². The summed E-state index contributed by atoms with van der Waals surface area (Å²) in [6.07, 6.45) is 1.56. The monoisotopic (exact) mass is 260 g/mol. The second kappa shape index (κ2) is 4.81. The van der Waals surface area contributed by atoms with Gasteiger partial charge in [-0.25, -0.2) is 4.98 Å². The minimum absolute atomic E-state index is 0.00755. The Morgan fingerprint density at radius 2 is 2.16 bits per heavy atom. The maximum absolute atomic E-state index is 11.0. The Morgan fingerprint density at radius 3 is 2.79 bits per heavy atom. The van der Waals surface area contributed by atoms with E-state index in [1.807, 2.05) is 13.8 Å². The molecular formula is C13H16N4O2. The molecule has 0 unspecified atom stereocenters. The number of nitrogens with zero attached hydrogens (tertiary/aromatic N) is 2. The molecule has 0 atom stereocenters. The van der Waals surface area contributed by atoms with Crippen molar-refractivity contribution in [1.82, 2.24) is 4.98 Å². The van der Waals surface area contributed by atoms with Crippen LogP contribution in [-0.2, 0) is 0 Å². The first-order valence-corrected chi connectivity index (χ1v) is 5.93. The Hall–Kier alpha value is -2.21. The summed E-state index contributed by atoms with van der Waals surface area (Å²) in [7, 11) is 0. The van der Waals surface area contributed by atoms with Crippen LogP contribution in [0.15, 0.2) is 30.5 Å². The van der Waals surface area contributed by atoms with Crippen LogP contribution in [0.1, 0.15) is 13.8 Å². The molecule has 0 fully saturated rings. The standard InChI is InChI=1S/C13H16N4O2/c1-13(2,14)8-16-10-6-7-15-12-9(10)4-3-5-11(12)17(18)19/h3-7H,8,14H2,1-2H3,(H,15,16). The van der Waals surface area contributed by atoms with Crippen LogP contribution in [0.4, 0.5) is 11.4 Å². The molecule has 2 aromatic rings. The molecule has 19 heavy (non-hydrogen) atoms. The van der Waals surface area contributed by atoms with Crippen LogP contribution in [0.3, 0.4) is 0 Å². The minimum atomic E-state index is -0.425. The lowest BCUT2D eigenvalue weighted by Crippen LogP contribution is -2.39. The van der Waals surface area contributed by atoms with Gasteiger partial charge in [0.05, 0.1) is 4.92 Å². The van der Waals surface area contributed by atoms with Gasteiger partial charge in [0.25, 0.3) is 5.69 Å². The molecule has 3 N–H and O–H groups in total. The number of rotatable bonds is 4. The Balaban J connectivity index is 2.46. The van der Waals surface area contributed by atoms with Crippen LogP contribution in [0.2, 0.25) is 0 Å². The lowest BCUT2D eigenvalue weighted by Gasteiger charge is -2.20. The third-order valence-electron chi connectivity index (χ3n) is 2.68. The van der Waals surface area contributed by atoms with Gasteiger partial charge >= 0.3 is 0 Å². The summed E-state index contributed by atoms with van der Waals surface area (Å²) in [4.78, 5) is 14.6. The van der Waals surface area contributed by atoms with Gasteiger partial charge in [-0.15, -0.1) is 0 Å². The highest BCUT2D eigenvalue weighted by Crippen LogP contribution is 2.28. The van der Waals surface area contributed by atoms with Gasteiger partial charge in [0.15, 0.2) is 0 Å². The fourth-order valence-electron chi connectivity index (χ4n) is 1.78. The van der Waals surface area contributed by atoms with E-state index in [1.54, 1.807) is 24.4 Å². The number of aromatic nitrogens is 1. The summed E-state index contributed by atoms with van der Waals surface area (Å²) in [6.45, 7) is 4.38. The molecule has 1 heterocycles. The number of anilines is 1. The highest BCUT2D eigenvalue weighted by atomic mass is 16.6. The van der Waals surface area contributed by atoms with Gasteiger partial charge < -0.3 is 11.1 Å². The first kappa shape index (κ1) is 13.2. The number of para-hydroxylation sites is 1. The molecule has 1 aromatic heterocycles. The van der Waals surface area contributed by atoms with Gasteiger partial charge in [0.1, 0.15) is 5.52 Å². The number of non-ortho nitro benzene ring substituents is 1. The van der Waals surface area contributed by atoms with Crippen molar-refractivity contribution in [1.29, 1.82) is 0 Å². The predicted octanol–water partition coefficient (Wildman–Crippen LogP) is 2.29. The largest absolute Gasteiger partial charge is 0.383 e. The van der Waals surface area contributed by atoms with Crippen molar-refractivity contribution in [2.24, 2.45) is 5.73 Å². The molecular weight excluding hydrogens is 244 g/mol. The van der Waals surface area contributed by atoms with Gasteiger partial charge in [-0.2, -0.15) is 0 Å². The summed E-state index contributed by atoms with van der Waals surface area (Å²) in [5.74, 6) is 0. The second-order valence-electron chi connectivity index (χ2n) is 5.13. The molecule has 0 aliphatic carbocycles. The van der Waals surface area contributed by atoms with E-state index in [0.717, 1.165) is 11.1 Å². The van der Waals surface area contributed by atoms with Gasteiger partial charge in [0.2, 0.25) is 0 Å². The number of fused-ring (bicyclic) bond motifs is 1. The number of nitro benzene ring substituents is 1. The summed E-state index contributed by atoms with van der Waals surface area (Å²) in [5.41, 5.74) is 6.74. The van der Waals surface area contributed by atoms with Crippen LogP contribution in [-0.4, -0.2) is 22.0 Å². The van der Waals surface area contributed by atoms with Crippen molar-refractivity contribution >= 4 is 22.3 Å². The zero-order valence-corrected chi connectivity index (χ0v) is 10.9. The van der Waals surface area contributed by atoms with Gasteiger partial charge in [0, 0.05) is 35.4 Å². The number of pyridine rings is 1. The Kier molecular flexibility index (Phi) is 3.35. The fraction of sp³-hybridized carbons (Fsp3) is 0.308. The third kappa shape index (κ3) is 2.97. The zero-order valence-electron chi connectivity index (χ0n) is 10.9. The molecule has 0 spiro atoms. The molecule has 2 rings (SSSR count). The van der Waals surface area contributed by atoms with E-state index < -0.39 is 4.92 Å². The molecule has 0 bridgehead atoms. The van der Waals surface area contributed by atoms with Crippen LogP contribution in [0.25, 0.3) is 10.9 Å². The highest BCUT2D eigenvalue weighted by molar-refractivity contribution is 5.96. The number of nitrogens with two attached hydrogens (primary N) is 1. The number of nitro groups is 1. The third-order valence-corrected chi connectivity index (χ3v) is 2.68. The first-order valence-electron chi connectivity index (χ1n) is 5.93. The van der Waals surface area contributed by atoms with Gasteiger partial charge in [-0.3, -0.25) is 10.1 Å². The summed E-state index contributed by atoms with van der Waals surface area (Å²) in [6, 6.07) is 6.70. The van der Waals surface area contributed by atoms with Crippen molar-refractivity contribution < 1.29 is 4.92 Å². The average Bonchev–Trinajstić information content (AvgIpc) is 2.34. The van der Waals surface area contributed by atoms with E-state index in [0.29, 0.717) is 12.1 Å². The zero-order chi connectivity index (χ0) is 14.0. The van der Waals surface area contributed by atoms with Crippen LogP contribution < -0.4 is 11.1 Å². The topological polar surface area (TPSA) is 94.1 Å². The van der Waals surface area contributed by atoms with E-state index in [2.05, 4.69) is 10.3 Å². The summed E-state index contributed by atoms with van der Waals surface area (Å²) < 4.78 is 0. The van der Waals surface area contributed by atoms with Crippen molar-refractivity contribution in [2.75, 3.05) is 11.9 Å². The minimum Gasteiger partial charge on any atom is -0.383 e. The van der Waals surface area contributed by atoms with E-state index in [1.165, 1.54) is 6.07 Å². The van der Waals surface area contributed by atoms with E-state index >= 15 is 0 Å². The molecule has 6 nitrogen and oxygen atoms in total. The van der Waals surface area contributed by atoms with Crippen LogP contribution in [0, 0.1) is 10.1 Å². The molecule has 0 saturated carbocycles. The quantitative estimate of drug-likeness (QED) is 0.649. The SMILES string of the molecule is CC(C)(N)CNc1ccnc2c([N+](=O)[O-])cccc12. The van der Waals surface area contributed by atoms with E-state index in [4.69, 9.17) is 5.73 Å². The second-order valence-corrected chi connectivity index (χ2v) is 5.13. The average molecular weight is 260 g/mol. The molecule has 100 valence electrons. The lowest BCUT2D eigenvalue weighted by atomic mass is 10.1. The summed E-state index contributed by atoms with van der Waals surface area (Å²) in [5, 5.41) is 14.9. The van der Waals surface area contributed by atoms with Crippen molar-refractivity contribution in [3.8, 4) is 0 Å². The van der Waals surface area contributed by atoms with Crippen molar-refractivity contribution in [3.05, 3.63) is 40.6 Å². The molecule has 0 aliphatic rings. The maximum Gasteiger partial charge on any atom is 0.295 e.